The van der Waals surface area contributed by atoms with Gasteiger partial charge in [-0.05, 0) is 54.7 Å². The number of carboxylic acid groups (broad SMARTS) is 1. The van der Waals surface area contributed by atoms with Crippen LogP contribution in [-0.2, 0) is 23.1 Å². The van der Waals surface area contributed by atoms with E-state index in [1.165, 1.54) is 24.3 Å². The first-order chi connectivity index (χ1) is 23.6. The fourth-order valence-corrected chi connectivity index (χ4v) is 6.32. The van der Waals surface area contributed by atoms with Crippen LogP contribution in [0.15, 0.2) is 83.7 Å². The number of H-pyrrole nitrogens is 1. The number of aromatic amines is 1. The predicted molar refractivity (Wildman–Crippen MR) is 186 cm³/mol. The van der Waals surface area contributed by atoms with Crippen molar-refractivity contribution in [3.8, 4) is 11.5 Å². The highest BCUT2D eigenvalue weighted by molar-refractivity contribution is 6.08. The van der Waals surface area contributed by atoms with E-state index in [1.54, 1.807) is 24.7 Å². The van der Waals surface area contributed by atoms with Gasteiger partial charge < -0.3 is 24.6 Å². The summed E-state index contributed by atoms with van der Waals surface area (Å²) in [6.07, 6.45) is 10.9. The minimum Gasteiger partial charge on any atom is -0.481 e. The lowest BCUT2D eigenvalue weighted by Gasteiger charge is -2.22. The maximum atomic E-state index is 15.7. The quantitative estimate of drug-likeness (QED) is 0.132. The molecule has 3 aromatic carbocycles. The van der Waals surface area contributed by atoms with E-state index in [-0.39, 0.29) is 47.1 Å². The molecule has 0 amide bonds. The highest BCUT2D eigenvalue weighted by atomic mass is 19.1. The van der Waals surface area contributed by atoms with Gasteiger partial charge >= 0.3 is 11.7 Å². The molecule has 0 saturated carbocycles. The molecule has 5 aromatic rings. The van der Waals surface area contributed by atoms with Crippen molar-refractivity contribution < 1.29 is 27.8 Å². The molecule has 6 rings (SSSR count). The Bertz CT molecular complexity index is 2070. The number of hydrogen-bond acceptors (Lipinski definition) is 5. The Labute approximate surface area is 283 Å². The van der Waals surface area contributed by atoms with Gasteiger partial charge in [-0.25, -0.2) is 13.8 Å². The van der Waals surface area contributed by atoms with Crippen molar-refractivity contribution in [3.05, 3.63) is 125 Å². The minimum atomic E-state index is -0.844. The summed E-state index contributed by atoms with van der Waals surface area (Å²) in [7, 11) is 0. The van der Waals surface area contributed by atoms with Crippen LogP contribution < -0.4 is 14.7 Å². The Morgan fingerprint density at radius 2 is 1.98 bits per heavy atom. The number of aliphatic carboxylic acids is 1. The molecule has 0 spiro atoms. The summed E-state index contributed by atoms with van der Waals surface area (Å²) < 4.78 is 47.5. The maximum Gasteiger partial charge on any atom is 0.337 e. The standard InChI is InChI=1S/C39H38F2N4O4/c1-39(2)16-5-4-9-33(25-8-6-7-24(19-25)10-13-36(46)47)43-18-15-34(42-3)30-20-26(11-12-31(30)40)48-37-29(21-27-23-45-38(39)49-27)28-14-17-44-35(28)22-32(37)41/h6-8,11-12,14-15,17-20,22-23,33,44H,3-5,9-10,13,16,21H2,1-2H3,(H,46,47)/p+1. The topological polar surface area (TPSA) is 114 Å². The van der Waals surface area contributed by atoms with Gasteiger partial charge in [-0.2, -0.15) is 0 Å². The predicted octanol–water partition coefficient (Wildman–Crippen LogP) is 8.09. The summed E-state index contributed by atoms with van der Waals surface area (Å²) in [6, 6.07) is 15.2. The summed E-state index contributed by atoms with van der Waals surface area (Å²) in [5, 5.41) is 13.4. The zero-order valence-corrected chi connectivity index (χ0v) is 27.6. The Hall–Kier alpha value is -5.47. The molecule has 8 nitrogen and oxygen atoms in total. The van der Waals surface area contributed by atoms with Crippen LogP contribution in [0.4, 0.5) is 8.78 Å². The van der Waals surface area contributed by atoms with Crippen LogP contribution in [0, 0.1) is 11.6 Å². The molecule has 3 N–H and O–H groups in total. The van der Waals surface area contributed by atoms with Crippen molar-refractivity contribution in [2.75, 3.05) is 0 Å². The van der Waals surface area contributed by atoms with Gasteiger partial charge in [0.2, 0.25) is 0 Å². The Balaban J connectivity index is 1.39. The molecular formula is C39H39F2N4O4+. The van der Waals surface area contributed by atoms with Crippen LogP contribution in [0.3, 0.4) is 0 Å². The van der Waals surface area contributed by atoms with E-state index >= 15 is 8.78 Å². The van der Waals surface area contributed by atoms with E-state index < -0.39 is 17.6 Å². The number of hydrogen-bond donors (Lipinski definition) is 3. The molecule has 1 aliphatic rings. The average molecular weight is 666 g/mol. The molecule has 0 saturated heterocycles. The van der Waals surface area contributed by atoms with Gasteiger partial charge in [0.05, 0.1) is 12.2 Å². The normalized spacial score (nSPS) is 17.3. The third-order valence-electron chi connectivity index (χ3n) is 9.02. The van der Waals surface area contributed by atoms with Gasteiger partial charge in [-0.3, -0.25) is 4.79 Å². The molecule has 1 unspecified atom stereocenters. The number of ether oxygens (including phenoxy) is 1. The second-order valence-electron chi connectivity index (χ2n) is 13.0. The first-order valence-corrected chi connectivity index (χ1v) is 16.4. The van der Waals surface area contributed by atoms with Gasteiger partial charge in [0.15, 0.2) is 17.5 Å². The summed E-state index contributed by atoms with van der Waals surface area (Å²) in [5.74, 6) is -0.557. The molecule has 3 heterocycles. The van der Waals surface area contributed by atoms with E-state index in [4.69, 9.17) is 9.15 Å². The molecule has 10 heteroatoms. The SMILES string of the molecule is C=[N+]=C1/C=C\NC(c2cccc(CCC(=O)O)c2)CCCCC(C)(C)c2ncc(o2)Cc2c(c(F)cc3[nH]ccc23)Oc2ccc(F)c1c2. The number of aromatic nitrogens is 2. The second kappa shape index (κ2) is 14.3. The number of aryl methyl sites for hydroxylation is 1. The van der Waals surface area contributed by atoms with Crippen molar-refractivity contribution >= 4 is 29.3 Å². The van der Waals surface area contributed by atoms with E-state index in [9.17, 15) is 9.90 Å². The van der Waals surface area contributed by atoms with Crippen LogP contribution in [0.5, 0.6) is 11.5 Å². The monoisotopic (exact) mass is 665 g/mol. The number of oxazole rings is 1. The number of fused-ring (bicyclic) bond motifs is 7. The van der Waals surface area contributed by atoms with Crippen molar-refractivity contribution in [2.24, 2.45) is 0 Å². The van der Waals surface area contributed by atoms with Crippen molar-refractivity contribution in [2.45, 2.75) is 70.3 Å². The molecular weight excluding hydrogens is 626 g/mol. The summed E-state index contributed by atoms with van der Waals surface area (Å²) in [4.78, 5) is 18.9. The minimum absolute atomic E-state index is 0.00928. The van der Waals surface area contributed by atoms with Gasteiger partial charge in [0, 0.05) is 59.3 Å². The molecule has 49 heavy (non-hydrogen) atoms. The number of halogens is 2. The number of allylic oxidation sites excluding steroid dienone is 1. The summed E-state index contributed by atoms with van der Waals surface area (Å²) >= 11 is 0. The van der Waals surface area contributed by atoms with Crippen LogP contribution in [0.25, 0.3) is 10.9 Å². The zero-order valence-electron chi connectivity index (χ0n) is 27.6. The lowest BCUT2D eigenvalue weighted by Crippen LogP contribution is -2.19. The van der Waals surface area contributed by atoms with E-state index in [0.29, 0.717) is 29.2 Å². The average Bonchev–Trinajstić information content (AvgIpc) is 3.76. The van der Waals surface area contributed by atoms with Gasteiger partial charge in [-0.15, -0.1) is 4.67 Å². The van der Waals surface area contributed by atoms with Crippen molar-refractivity contribution in [1.82, 2.24) is 20.0 Å². The fraction of sp³-hybridized carbons (Fsp3) is 0.282. The molecule has 252 valence electrons. The number of carboxylic acids is 1. The molecule has 0 fully saturated rings. The number of rotatable bonds is 4. The van der Waals surface area contributed by atoms with Gasteiger partial charge in [0.25, 0.3) is 6.72 Å². The molecule has 0 aliphatic carbocycles. The molecule has 1 atom stereocenters. The number of nitrogens with one attached hydrogen (secondary N) is 2. The van der Waals surface area contributed by atoms with Gasteiger partial charge in [-0.1, -0.05) is 51.0 Å². The lowest BCUT2D eigenvalue weighted by atomic mass is 9.86. The third kappa shape index (κ3) is 7.66. The second-order valence-corrected chi connectivity index (χ2v) is 13.0. The molecule has 1 aliphatic heterocycles. The van der Waals surface area contributed by atoms with E-state index in [2.05, 4.69) is 40.5 Å². The van der Waals surface area contributed by atoms with Crippen LogP contribution in [0.1, 0.15) is 85.9 Å². The molecule has 2 aromatic heterocycles. The first-order valence-electron chi connectivity index (χ1n) is 16.4. The van der Waals surface area contributed by atoms with Crippen molar-refractivity contribution in [1.29, 1.82) is 0 Å². The fourth-order valence-electron chi connectivity index (χ4n) is 6.32. The zero-order chi connectivity index (χ0) is 34.5. The maximum absolute atomic E-state index is 15.7. The summed E-state index contributed by atoms with van der Waals surface area (Å²) in [5.41, 5.74) is 3.18. The Morgan fingerprint density at radius 1 is 1.12 bits per heavy atom. The molecule has 4 bridgehead atoms. The third-order valence-corrected chi connectivity index (χ3v) is 9.02. The molecule has 0 radical (unpaired) electrons. The lowest BCUT2D eigenvalue weighted by molar-refractivity contribution is -0.136. The van der Waals surface area contributed by atoms with E-state index in [1.807, 2.05) is 30.3 Å². The van der Waals surface area contributed by atoms with Gasteiger partial charge in [0.1, 0.15) is 22.9 Å². The highest BCUT2D eigenvalue weighted by Gasteiger charge is 2.28. The number of carbonyl (C=O) groups is 1. The van der Waals surface area contributed by atoms with Crippen LogP contribution >= 0.6 is 0 Å². The smallest absolute Gasteiger partial charge is 0.337 e. The first kappa shape index (κ1) is 33.4. The Morgan fingerprint density at radius 3 is 2.80 bits per heavy atom. The number of nitrogens with zero attached hydrogens (tertiary/aromatic N) is 2. The van der Waals surface area contributed by atoms with Crippen LogP contribution in [0.2, 0.25) is 0 Å². The van der Waals surface area contributed by atoms with Crippen LogP contribution in [-0.4, -0.2) is 33.5 Å². The largest absolute Gasteiger partial charge is 0.481 e. The number of benzene rings is 3. The van der Waals surface area contributed by atoms with Crippen molar-refractivity contribution in [3.63, 3.8) is 0 Å². The summed E-state index contributed by atoms with van der Waals surface area (Å²) in [6.45, 7) is 7.88. The van der Waals surface area contributed by atoms with E-state index in [0.717, 1.165) is 42.2 Å². The highest BCUT2D eigenvalue weighted by Crippen LogP contribution is 2.38. The Kier molecular flexibility index (Phi) is 9.78.